The molecule has 0 saturated carbocycles. The number of hydrogen-bond acceptors (Lipinski definition) is 5. The maximum atomic E-state index is 4.54. The number of piperidine rings is 1. The lowest BCUT2D eigenvalue weighted by Gasteiger charge is -2.31. The Morgan fingerprint density at radius 2 is 2.26 bits per heavy atom. The minimum Gasteiger partial charge on any atom is -0.297 e. The standard InChI is InChI=1S/C14H18N4S/c1-11-7-17-14(19-11)12-3-2-6-18(9-12)10-13-8-15-4-5-16-13/h4-5,7-8,12H,2-3,6,9-10H2,1H3. The first-order valence-corrected chi connectivity index (χ1v) is 7.52. The molecule has 5 heteroatoms. The fourth-order valence-corrected chi connectivity index (χ4v) is 3.50. The third-order valence-corrected chi connectivity index (χ3v) is 4.57. The van der Waals surface area contributed by atoms with Crippen LogP contribution in [0.25, 0.3) is 0 Å². The van der Waals surface area contributed by atoms with Crippen LogP contribution in [0.4, 0.5) is 0 Å². The second-order valence-electron chi connectivity index (χ2n) is 5.08. The highest BCUT2D eigenvalue weighted by atomic mass is 32.1. The molecule has 1 aliphatic heterocycles. The zero-order chi connectivity index (χ0) is 13.1. The number of hydrogen-bond donors (Lipinski definition) is 0. The van der Waals surface area contributed by atoms with E-state index in [4.69, 9.17) is 0 Å². The molecule has 1 unspecified atom stereocenters. The fourth-order valence-electron chi connectivity index (χ4n) is 2.60. The van der Waals surface area contributed by atoms with Gasteiger partial charge in [0.25, 0.3) is 0 Å². The summed E-state index contributed by atoms with van der Waals surface area (Å²) < 4.78 is 0. The fraction of sp³-hybridized carbons (Fsp3) is 0.500. The molecule has 1 atom stereocenters. The Hall–Kier alpha value is -1.33. The summed E-state index contributed by atoms with van der Waals surface area (Å²) in [5.41, 5.74) is 1.05. The van der Waals surface area contributed by atoms with Gasteiger partial charge in [0.05, 0.1) is 10.7 Å². The Morgan fingerprint density at radius 3 is 3.00 bits per heavy atom. The summed E-state index contributed by atoms with van der Waals surface area (Å²) in [5, 5.41) is 1.29. The van der Waals surface area contributed by atoms with Crippen LogP contribution in [-0.4, -0.2) is 32.9 Å². The van der Waals surface area contributed by atoms with Gasteiger partial charge in [-0.05, 0) is 26.3 Å². The molecule has 3 rings (SSSR count). The van der Waals surface area contributed by atoms with Crippen LogP contribution in [0.5, 0.6) is 0 Å². The molecular formula is C14H18N4S. The van der Waals surface area contributed by atoms with E-state index in [1.54, 1.807) is 12.4 Å². The highest BCUT2D eigenvalue weighted by Gasteiger charge is 2.23. The molecule has 100 valence electrons. The van der Waals surface area contributed by atoms with Crippen molar-refractivity contribution in [3.8, 4) is 0 Å². The summed E-state index contributed by atoms with van der Waals surface area (Å²) in [6.45, 7) is 5.26. The third-order valence-electron chi connectivity index (χ3n) is 3.50. The SMILES string of the molecule is Cc1cnc(C2CCCN(Cc3cnccn3)C2)s1. The molecule has 1 fully saturated rings. The minimum atomic E-state index is 0.587. The van der Waals surface area contributed by atoms with Crippen LogP contribution in [0, 0.1) is 6.92 Å². The van der Waals surface area contributed by atoms with Gasteiger partial charge in [0, 0.05) is 48.7 Å². The lowest BCUT2D eigenvalue weighted by atomic mass is 9.98. The van der Waals surface area contributed by atoms with Gasteiger partial charge in [0.2, 0.25) is 0 Å². The Bertz CT molecular complexity index is 525. The summed E-state index contributed by atoms with van der Waals surface area (Å²) in [7, 11) is 0. The van der Waals surface area contributed by atoms with Crippen LogP contribution >= 0.6 is 11.3 Å². The van der Waals surface area contributed by atoms with Gasteiger partial charge in [-0.1, -0.05) is 0 Å². The van der Waals surface area contributed by atoms with E-state index in [0.29, 0.717) is 5.92 Å². The normalized spacial score (nSPS) is 20.6. The smallest absolute Gasteiger partial charge is 0.0971 e. The van der Waals surface area contributed by atoms with E-state index in [2.05, 4.69) is 26.8 Å². The molecule has 0 spiro atoms. The number of likely N-dealkylation sites (tertiary alicyclic amines) is 1. The second kappa shape index (κ2) is 5.75. The molecule has 0 aromatic carbocycles. The van der Waals surface area contributed by atoms with Crippen molar-refractivity contribution in [1.29, 1.82) is 0 Å². The summed E-state index contributed by atoms with van der Waals surface area (Å²) >= 11 is 1.84. The van der Waals surface area contributed by atoms with E-state index in [1.807, 2.05) is 23.7 Å². The number of aryl methyl sites for hydroxylation is 1. The van der Waals surface area contributed by atoms with E-state index >= 15 is 0 Å². The van der Waals surface area contributed by atoms with Crippen molar-refractivity contribution in [3.63, 3.8) is 0 Å². The van der Waals surface area contributed by atoms with Crippen LogP contribution in [0.2, 0.25) is 0 Å². The summed E-state index contributed by atoms with van der Waals surface area (Å²) in [6.07, 6.45) is 9.83. The third kappa shape index (κ3) is 3.16. The van der Waals surface area contributed by atoms with E-state index in [9.17, 15) is 0 Å². The van der Waals surface area contributed by atoms with Crippen molar-refractivity contribution in [1.82, 2.24) is 19.9 Å². The molecule has 4 nitrogen and oxygen atoms in total. The van der Waals surface area contributed by atoms with Crippen molar-refractivity contribution in [3.05, 3.63) is 40.4 Å². The first kappa shape index (κ1) is 12.7. The molecule has 0 N–H and O–H groups in total. The Morgan fingerprint density at radius 1 is 1.32 bits per heavy atom. The maximum absolute atomic E-state index is 4.54. The van der Waals surface area contributed by atoms with Crippen LogP contribution in [0.15, 0.2) is 24.8 Å². The van der Waals surface area contributed by atoms with Crippen molar-refractivity contribution in [2.75, 3.05) is 13.1 Å². The monoisotopic (exact) mass is 274 g/mol. The van der Waals surface area contributed by atoms with Crippen molar-refractivity contribution in [2.24, 2.45) is 0 Å². The van der Waals surface area contributed by atoms with Gasteiger partial charge in [0.15, 0.2) is 0 Å². The van der Waals surface area contributed by atoms with Crippen LogP contribution in [0.1, 0.15) is 34.3 Å². The predicted molar refractivity (Wildman–Crippen MR) is 76.1 cm³/mol. The molecule has 0 amide bonds. The Labute approximate surface area is 117 Å². The summed E-state index contributed by atoms with van der Waals surface area (Å²) in [5.74, 6) is 0.587. The number of rotatable bonds is 3. The molecule has 2 aromatic rings. The first-order chi connectivity index (χ1) is 9.31. The molecule has 0 aliphatic carbocycles. The Balaban J connectivity index is 1.65. The molecule has 0 bridgehead atoms. The molecule has 19 heavy (non-hydrogen) atoms. The molecule has 3 heterocycles. The van der Waals surface area contributed by atoms with Gasteiger partial charge in [-0.15, -0.1) is 11.3 Å². The van der Waals surface area contributed by atoms with Crippen molar-refractivity contribution < 1.29 is 0 Å². The average Bonchev–Trinajstić information content (AvgIpc) is 2.87. The summed E-state index contributed by atoms with van der Waals surface area (Å²) in [6, 6.07) is 0. The van der Waals surface area contributed by atoms with E-state index in [1.165, 1.54) is 22.7 Å². The van der Waals surface area contributed by atoms with Crippen molar-refractivity contribution in [2.45, 2.75) is 32.2 Å². The lowest BCUT2D eigenvalue weighted by Crippen LogP contribution is -2.34. The summed E-state index contributed by atoms with van der Waals surface area (Å²) in [4.78, 5) is 16.8. The van der Waals surface area contributed by atoms with Gasteiger partial charge in [0.1, 0.15) is 0 Å². The van der Waals surface area contributed by atoms with E-state index in [-0.39, 0.29) is 0 Å². The quantitative estimate of drug-likeness (QED) is 0.863. The molecular weight excluding hydrogens is 256 g/mol. The number of thiazole rings is 1. The van der Waals surface area contributed by atoms with E-state index in [0.717, 1.165) is 25.3 Å². The zero-order valence-corrected chi connectivity index (χ0v) is 11.9. The first-order valence-electron chi connectivity index (χ1n) is 6.71. The van der Waals surface area contributed by atoms with Crippen LogP contribution in [0.3, 0.4) is 0 Å². The molecule has 1 saturated heterocycles. The second-order valence-corrected chi connectivity index (χ2v) is 6.35. The zero-order valence-electron chi connectivity index (χ0n) is 11.1. The molecule has 2 aromatic heterocycles. The highest BCUT2D eigenvalue weighted by Crippen LogP contribution is 2.30. The van der Waals surface area contributed by atoms with Crippen molar-refractivity contribution >= 4 is 11.3 Å². The maximum Gasteiger partial charge on any atom is 0.0971 e. The highest BCUT2D eigenvalue weighted by molar-refractivity contribution is 7.11. The lowest BCUT2D eigenvalue weighted by molar-refractivity contribution is 0.198. The van der Waals surface area contributed by atoms with Gasteiger partial charge < -0.3 is 0 Å². The average molecular weight is 274 g/mol. The topological polar surface area (TPSA) is 41.9 Å². The molecule has 1 aliphatic rings. The van der Waals surface area contributed by atoms with Crippen LogP contribution in [-0.2, 0) is 6.54 Å². The largest absolute Gasteiger partial charge is 0.297 e. The number of aromatic nitrogens is 3. The van der Waals surface area contributed by atoms with Gasteiger partial charge in [-0.3, -0.25) is 14.9 Å². The minimum absolute atomic E-state index is 0.587. The molecule has 0 radical (unpaired) electrons. The van der Waals surface area contributed by atoms with Crippen LogP contribution < -0.4 is 0 Å². The van der Waals surface area contributed by atoms with E-state index < -0.39 is 0 Å². The number of nitrogens with zero attached hydrogens (tertiary/aromatic N) is 4. The predicted octanol–water partition coefficient (Wildman–Crippen LogP) is 2.62. The van der Waals surface area contributed by atoms with Gasteiger partial charge in [-0.25, -0.2) is 4.98 Å². The van der Waals surface area contributed by atoms with Gasteiger partial charge >= 0.3 is 0 Å². The van der Waals surface area contributed by atoms with Gasteiger partial charge in [-0.2, -0.15) is 0 Å². The Kier molecular flexibility index (Phi) is 3.84.